The molecule has 21 heavy (non-hydrogen) atoms. The Balaban J connectivity index is 3.65. The van der Waals surface area contributed by atoms with Gasteiger partial charge in [-0.1, -0.05) is 52.4 Å². The fourth-order valence-corrected chi connectivity index (χ4v) is 1.76. The largest absolute Gasteiger partial charge is 0.465 e. The minimum atomic E-state index is -0.713. The van der Waals surface area contributed by atoms with Crippen molar-refractivity contribution in [1.82, 2.24) is 0 Å². The van der Waals surface area contributed by atoms with E-state index in [0.717, 1.165) is 51.4 Å². The van der Waals surface area contributed by atoms with Gasteiger partial charge in [0.2, 0.25) is 0 Å². The molecule has 0 aromatic rings. The zero-order valence-corrected chi connectivity index (χ0v) is 13.4. The van der Waals surface area contributed by atoms with Gasteiger partial charge >= 0.3 is 11.9 Å². The van der Waals surface area contributed by atoms with Crippen molar-refractivity contribution in [2.24, 2.45) is 0 Å². The summed E-state index contributed by atoms with van der Waals surface area (Å²) in [6, 6.07) is 0. The van der Waals surface area contributed by atoms with E-state index in [9.17, 15) is 9.59 Å². The van der Waals surface area contributed by atoms with Crippen LogP contribution >= 0.6 is 0 Å². The van der Waals surface area contributed by atoms with Crippen molar-refractivity contribution in [1.29, 1.82) is 5.41 Å². The molecule has 0 spiro atoms. The van der Waals surface area contributed by atoms with Crippen molar-refractivity contribution in [2.75, 3.05) is 13.2 Å². The number of ether oxygens (including phenoxy) is 2. The van der Waals surface area contributed by atoms with E-state index in [2.05, 4.69) is 13.8 Å². The first-order valence-electron chi connectivity index (χ1n) is 8.02. The summed E-state index contributed by atoms with van der Waals surface area (Å²) in [6.07, 6.45) is 7.84. The molecule has 0 aliphatic heterocycles. The third-order valence-electron chi connectivity index (χ3n) is 3.06. The van der Waals surface area contributed by atoms with Gasteiger partial charge in [0.25, 0.3) is 0 Å². The molecule has 0 radical (unpaired) electrons. The monoisotopic (exact) mass is 299 g/mol. The molecule has 0 saturated carbocycles. The maximum absolute atomic E-state index is 11.5. The first-order chi connectivity index (χ1) is 10.1. The number of carbonyl (C=O) groups is 2. The summed E-state index contributed by atoms with van der Waals surface area (Å²) in [5, 5.41) is 7.51. The highest BCUT2D eigenvalue weighted by atomic mass is 16.5. The third kappa shape index (κ3) is 12.1. The minimum absolute atomic E-state index is 0.304. The van der Waals surface area contributed by atoms with E-state index in [0.29, 0.717) is 13.2 Å². The topological polar surface area (TPSA) is 76.5 Å². The zero-order chi connectivity index (χ0) is 15.9. The maximum Gasteiger partial charge on any atom is 0.352 e. The smallest absolute Gasteiger partial charge is 0.352 e. The van der Waals surface area contributed by atoms with Crippen LogP contribution in [-0.2, 0) is 19.1 Å². The standard InChI is InChI=1S/C16H29NO4/c1-3-5-7-9-11-20-15(18)13-14(17)16(19)21-12-10-8-6-4-2/h17H,3-13H2,1-2H3. The number of unbranched alkanes of at least 4 members (excludes halogenated alkanes) is 6. The normalized spacial score (nSPS) is 10.2. The van der Waals surface area contributed by atoms with E-state index >= 15 is 0 Å². The minimum Gasteiger partial charge on any atom is -0.465 e. The molecule has 0 aliphatic rings. The van der Waals surface area contributed by atoms with Crippen LogP contribution in [0.1, 0.15) is 71.6 Å². The molecule has 0 unspecified atom stereocenters. The van der Waals surface area contributed by atoms with Crippen LogP contribution in [0.5, 0.6) is 0 Å². The molecule has 0 fully saturated rings. The Hall–Kier alpha value is -1.39. The van der Waals surface area contributed by atoms with E-state index in [4.69, 9.17) is 14.9 Å². The molecule has 5 heteroatoms. The van der Waals surface area contributed by atoms with E-state index in [1.54, 1.807) is 0 Å². The van der Waals surface area contributed by atoms with Crippen LogP contribution in [0.3, 0.4) is 0 Å². The molecule has 0 rings (SSSR count). The van der Waals surface area contributed by atoms with Crippen molar-refractivity contribution in [3.8, 4) is 0 Å². The lowest BCUT2D eigenvalue weighted by atomic mass is 10.2. The quantitative estimate of drug-likeness (QED) is 0.320. The van der Waals surface area contributed by atoms with Gasteiger partial charge in [-0.2, -0.15) is 0 Å². The summed E-state index contributed by atoms with van der Waals surface area (Å²) in [6.45, 7) is 4.89. The lowest BCUT2D eigenvalue weighted by Crippen LogP contribution is -2.21. The zero-order valence-electron chi connectivity index (χ0n) is 13.4. The second-order valence-corrected chi connectivity index (χ2v) is 5.13. The Morgan fingerprint density at radius 2 is 1.33 bits per heavy atom. The summed E-state index contributed by atoms with van der Waals surface area (Å²) >= 11 is 0. The van der Waals surface area contributed by atoms with Crippen LogP contribution in [0.25, 0.3) is 0 Å². The van der Waals surface area contributed by atoms with Crippen molar-refractivity contribution >= 4 is 17.7 Å². The van der Waals surface area contributed by atoms with Gasteiger partial charge in [-0.25, -0.2) is 4.79 Å². The Labute approximate surface area is 127 Å². The van der Waals surface area contributed by atoms with Crippen LogP contribution in [0.4, 0.5) is 0 Å². The molecular weight excluding hydrogens is 270 g/mol. The highest BCUT2D eigenvalue weighted by Gasteiger charge is 2.16. The van der Waals surface area contributed by atoms with Gasteiger partial charge in [0.05, 0.1) is 19.6 Å². The summed E-state index contributed by atoms with van der Waals surface area (Å²) < 4.78 is 9.92. The highest BCUT2D eigenvalue weighted by Crippen LogP contribution is 2.02. The average molecular weight is 299 g/mol. The van der Waals surface area contributed by atoms with Gasteiger partial charge in [0.15, 0.2) is 0 Å². The van der Waals surface area contributed by atoms with E-state index in [1.807, 2.05) is 0 Å². The number of hydrogen-bond donors (Lipinski definition) is 1. The molecule has 5 nitrogen and oxygen atoms in total. The Morgan fingerprint density at radius 1 is 0.810 bits per heavy atom. The third-order valence-corrected chi connectivity index (χ3v) is 3.06. The van der Waals surface area contributed by atoms with Crippen LogP contribution in [0.15, 0.2) is 0 Å². The van der Waals surface area contributed by atoms with Gasteiger partial charge in [-0.05, 0) is 12.8 Å². The number of esters is 2. The molecular formula is C16H29NO4. The number of carbonyl (C=O) groups excluding carboxylic acids is 2. The molecule has 0 saturated heterocycles. The first kappa shape index (κ1) is 19.6. The van der Waals surface area contributed by atoms with Gasteiger partial charge in [-0.15, -0.1) is 0 Å². The van der Waals surface area contributed by atoms with Crippen LogP contribution in [0, 0.1) is 5.41 Å². The first-order valence-corrected chi connectivity index (χ1v) is 8.02. The second kappa shape index (κ2) is 13.6. The molecule has 0 bridgehead atoms. The van der Waals surface area contributed by atoms with Crippen molar-refractivity contribution in [3.63, 3.8) is 0 Å². The summed E-state index contributed by atoms with van der Waals surface area (Å²) in [4.78, 5) is 22.9. The molecule has 0 atom stereocenters. The Kier molecular flexibility index (Phi) is 12.7. The fourth-order valence-electron chi connectivity index (χ4n) is 1.76. The van der Waals surface area contributed by atoms with Crippen molar-refractivity contribution in [3.05, 3.63) is 0 Å². The molecule has 0 amide bonds. The van der Waals surface area contributed by atoms with Gasteiger partial charge < -0.3 is 9.47 Å². The summed E-state index contributed by atoms with van der Waals surface area (Å²) in [5.74, 6) is -1.24. The predicted octanol–water partition coefficient (Wildman–Crippen LogP) is 3.64. The average Bonchev–Trinajstić information content (AvgIpc) is 2.46. The fraction of sp³-hybridized carbons (Fsp3) is 0.812. The maximum atomic E-state index is 11.5. The second-order valence-electron chi connectivity index (χ2n) is 5.13. The van der Waals surface area contributed by atoms with Crippen LogP contribution in [0.2, 0.25) is 0 Å². The number of hydrogen-bond acceptors (Lipinski definition) is 5. The van der Waals surface area contributed by atoms with E-state index in [-0.39, 0.29) is 12.1 Å². The van der Waals surface area contributed by atoms with Gasteiger partial charge in [-0.3, -0.25) is 10.2 Å². The predicted molar refractivity (Wildman–Crippen MR) is 82.5 cm³/mol. The van der Waals surface area contributed by atoms with Crippen LogP contribution < -0.4 is 0 Å². The molecule has 0 aliphatic carbocycles. The molecule has 0 aromatic heterocycles. The molecule has 122 valence electrons. The lowest BCUT2D eigenvalue weighted by molar-refractivity contribution is -0.144. The number of rotatable bonds is 13. The molecule has 0 aromatic carbocycles. The van der Waals surface area contributed by atoms with Crippen LogP contribution in [-0.4, -0.2) is 30.9 Å². The van der Waals surface area contributed by atoms with E-state index < -0.39 is 11.9 Å². The van der Waals surface area contributed by atoms with Crippen molar-refractivity contribution < 1.29 is 19.1 Å². The van der Waals surface area contributed by atoms with Gasteiger partial charge in [0, 0.05) is 0 Å². The Morgan fingerprint density at radius 3 is 1.86 bits per heavy atom. The summed E-state index contributed by atoms with van der Waals surface area (Å²) in [7, 11) is 0. The van der Waals surface area contributed by atoms with E-state index in [1.165, 1.54) is 0 Å². The molecule has 1 N–H and O–H groups in total. The van der Waals surface area contributed by atoms with Crippen molar-refractivity contribution in [2.45, 2.75) is 71.6 Å². The van der Waals surface area contributed by atoms with Gasteiger partial charge in [0.1, 0.15) is 5.71 Å². The Bertz CT molecular complexity index is 315. The SMILES string of the molecule is CCCCCCOC(=O)CC(=N)C(=O)OCCCCCC. The highest BCUT2D eigenvalue weighted by molar-refractivity contribution is 6.38. The summed E-state index contributed by atoms with van der Waals surface area (Å²) in [5.41, 5.74) is -0.330. The molecule has 0 heterocycles. The lowest BCUT2D eigenvalue weighted by Gasteiger charge is -2.06. The number of nitrogens with one attached hydrogen (secondary N) is 1.